The highest BCUT2D eigenvalue weighted by Gasteiger charge is 2.61. The molecule has 2 aliphatic carbocycles. The van der Waals surface area contributed by atoms with Gasteiger partial charge in [0, 0.05) is 31.3 Å². The van der Waals surface area contributed by atoms with E-state index in [2.05, 4.69) is 16.5 Å². The van der Waals surface area contributed by atoms with Crippen molar-refractivity contribution in [2.45, 2.75) is 109 Å². The average Bonchev–Trinajstić information content (AvgIpc) is 4.11. The Morgan fingerprint density at radius 1 is 1.07 bits per heavy atom. The first-order chi connectivity index (χ1) is 27.7. The molecule has 2 saturated heterocycles. The number of nitrogens with zero attached hydrogens (tertiary/aromatic N) is 3. The lowest BCUT2D eigenvalue weighted by molar-refractivity contribution is -0.154. The summed E-state index contributed by atoms with van der Waals surface area (Å²) in [5.74, 6) is -1.22. The molecule has 0 bridgehead atoms. The van der Waals surface area contributed by atoms with Crippen LogP contribution < -0.4 is 19.1 Å². The average molecular weight is 823 g/mol. The van der Waals surface area contributed by atoms with Crippen LogP contribution in [0.15, 0.2) is 36.4 Å². The molecule has 5 aliphatic rings. The highest BCUT2D eigenvalue weighted by atomic mass is 32.2. The number of sulfonamides is 1. The summed E-state index contributed by atoms with van der Waals surface area (Å²) < 4.78 is 51.7. The molecular weight excluding hydrogens is 765 g/mol. The Morgan fingerprint density at radius 2 is 1.83 bits per heavy atom. The number of carbonyl (C=O) groups excluding carboxylic acids is 4. The molecule has 14 nitrogen and oxygen atoms in total. The number of carbonyl (C=O) groups is 4. The number of aromatic nitrogens is 1. The summed E-state index contributed by atoms with van der Waals surface area (Å²) >= 11 is 0. The fourth-order valence-electron chi connectivity index (χ4n) is 9.00. The first-order valence-electron chi connectivity index (χ1n) is 20.9. The zero-order valence-electron chi connectivity index (χ0n) is 34.3. The summed E-state index contributed by atoms with van der Waals surface area (Å²) in [5, 5.41) is 0.978. The fourth-order valence-corrected chi connectivity index (χ4v) is 10.4. The Kier molecular flexibility index (Phi) is 12.4. The van der Waals surface area contributed by atoms with E-state index in [1.807, 2.05) is 43.3 Å². The second kappa shape index (κ2) is 17.2. The number of ketones is 1. The third-order valence-electron chi connectivity index (χ3n) is 12.5. The first kappa shape index (κ1) is 41.9. The van der Waals surface area contributed by atoms with E-state index in [-0.39, 0.29) is 61.4 Å². The van der Waals surface area contributed by atoms with Crippen molar-refractivity contribution in [2.75, 3.05) is 44.9 Å². The van der Waals surface area contributed by atoms with Crippen molar-refractivity contribution in [3.8, 4) is 11.6 Å². The van der Waals surface area contributed by atoms with Crippen molar-refractivity contribution in [3.63, 3.8) is 0 Å². The number of ether oxygens (including phenoxy) is 4. The third-order valence-corrected chi connectivity index (χ3v) is 14.3. The molecule has 4 heterocycles. The molecule has 0 radical (unpaired) electrons. The molecule has 7 atom stereocenters. The quantitative estimate of drug-likeness (QED) is 0.253. The van der Waals surface area contributed by atoms with E-state index >= 15 is 0 Å². The summed E-state index contributed by atoms with van der Waals surface area (Å²) in [4.78, 5) is 65.5. The second-order valence-corrected chi connectivity index (χ2v) is 19.4. The van der Waals surface area contributed by atoms with Crippen LogP contribution in [0.5, 0.6) is 11.6 Å². The van der Waals surface area contributed by atoms with Gasteiger partial charge in [0.2, 0.25) is 27.7 Å². The minimum absolute atomic E-state index is 0.0486. The van der Waals surface area contributed by atoms with E-state index in [0.717, 1.165) is 23.6 Å². The number of fused-ring (bicyclic) bond motifs is 3. The van der Waals surface area contributed by atoms with Crippen molar-refractivity contribution in [1.29, 1.82) is 0 Å². The predicted molar refractivity (Wildman–Crippen MR) is 217 cm³/mol. The minimum atomic E-state index is -3.86. The van der Waals surface area contributed by atoms with Crippen LogP contribution >= 0.6 is 0 Å². The Bertz CT molecular complexity index is 2030. The number of esters is 1. The maximum Gasteiger partial charge on any atom is 0.306 e. The van der Waals surface area contributed by atoms with Gasteiger partial charge < -0.3 is 28.7 Å². The number of morpholine rings is 1. The van der Waals surface area contributed by atoms with Crippen LogP contribution in [0.3, 0.4) is 0 Å². The summed E-state index contributed by atoms with van der Waals surface area (Å²) in [5.41, 5.74) is -1.26. The van der Waals surface area contributed by atoms with Crippen molar-refractivity contribution >= 4 is 50.2 Å². The summed E-state index contributed by atoms with van der Waals surface area (Å²) in [6.45, 7) is 10.1. The highest BCUT2D eigenvalue weighted by Crippen LogP contribution is 2.57. The number of benzene rings is 1. The largest absolute Gasteiger partial charge is 0.497 e. The minimum Gasteiger partial charge on any atom is -0.497 e. The summed E-state index contributed by atoms with van der Waals surface area (Å²) in [7, 11) is -2.26. The molecule has 2 aromatic rings. The Morgan fingerprint density at radius 3 is 2.53 bits per heavy atom. The van der Waals surface area contributed by atoms with Gasteiger partial charge in [-0.25, -0.2) is 8.42 Å². The molecule has 1 aromatic carbocycles. The van der Waals surface area contributed by atoms with E-state index < -0.39 is 50.6 Å². The zero-order valence-corrected chi connectivity index (χ0v) is 35.1. The smallest absolute Gasteiger partial charge is 0.306 e. The van der Waals surface area contributed by atoms with Gasteiger partial charge in [0.05, 0.1) is 62.0 Å². The van der Waals surface area contributed by atoms with Crippen molar-refractivity contribution in [2.24, 2.45) is 29.1 Å². The summed E-state index contributed by atoms with van der Waals surface area (Å²) in [6.07, 6.45) is 6.21. The maximum absolute atomic E-state index is 15.0. The fraction of sp³-hybridized carbons (Fsp3) is 0.651. The van der Waals surface area contributed by atoms with Gasteiger partial charge in [0.1, 0.15) is 17.7 Å². The molecule has 7 rings (SSSR count). The highest BCUT2D eigenvalue weighted by molar-refractivity contribution is 7.90. The molecule has 3 aliphatic heterocycles. The van der Waals surface area contributed by atoms with Crippen LogP contribution in [0.2, 0.25) is 0 Å². The molecule has 1 N–H and O–H groups in total. The van der Waals surface area contributed by atoms with Crippen LogP contribution in [0, 0.1) is 29.1 Å². The number of nitrogens with one attached hydrogen (secondary N) is 1. The molecule has 0 spiro atoms. The number of Topliss-reactive ketones (excluding diaryl/α,β-unsaturated/α-hetero) is 1. The van der Waals surface area contributed by atoms with Crippen molar-refractivity contribution in [3.05, 3.63) is 36.4 Å². The number of amides is 2. The summed E-state index contributed by atoms with van der Waals surface area (Å²) in [6, 6.07) is 6.62. The van der Waals surface area contributed by atoms with Gasteiger partial charge >= 0.3 is 5.97 Å². The predicted octanol–water partition coefficient (Wildman–Crippen LogP) is 4.97. The number of hydrogen-bond acceptors (Lipinski definition) is 12. The number of allylic oxidation sites excluding steroid dienone is 2. The second-order valence-electron chi connectivity index (χ2n) is 17.4. The Balaban J connectivity index is 1.24. The standard InChI is InChI=1S/C43H58N4O10S/c1-26(2)56-39(49)22-35-28(4)18-27(3)8-6-7-9-30-23-43(30,42(51)45-58(52,53)33-11-12-33)24-37(48)36-21-32(25-47(36)41(35)50)57-40-34-13-10-31(54-5)19-29(34)20-38(44-40)46-14-16-55-17-15-46/h7,9-10,13,19-20,26-28,30,32-33,35-36H,6,8,11-12,14-18,21-25H2,1-5H3,(H,45,51)/b9-7-/t27-,28+,30+,32+,35-,36-,43+/m0/s1. The van der Waals surface area contributed by atoms with Crippen LogP contribution in [0.1, 0.15) is 85.5 Å². The number of rotatable bonds is 10. The van der Waals surface area contributed by atoms with Crippen LogP contribution in [-0.2, 0) is 38.7 Å². The molecule has 316 valence electrons. The van der Waals surface area contributed by atoms with Gasteiger partial charge in [-0.3, -0.25) is 23.9 Å². The van der Waals surface area contributed by atoms with Gasteiger partial charge in [-0.2, -0.15) is 4.98 Å². The molecule has 15 heteroatoms. The van der Waals surface area contributed by atoms with E-state index in [1.165, 1.54) is 4.90 Å². The number of anilines is 1. The SMILES string of the molecule is COc1ccc2c(O[C@@H]3C[C@H]4C(=O)C[C@]5(C(=O)NS(=O)(=O)C6CC6)C[C@H]5/C=C\CC[C@H](C)C[C@@H](C)[C@H](CC(=O)OC(C)C)C(=O)N4C3)nc(N3CCOCC3)cc2c1. The van der Waals surface area contributed by atoms with Gasteiger partial charge in [-0.05, 0) is 99.8 Å². The normalized spacial score (nSPS) is 30.2. The molecule has 4 fully saturated rings. The van der Waals surface area contributed by atoms with Crippen LogP contribution in [0.4, 0.5) is 5.82 Å². The topological polar surface area (TPSA) is 171 Å². The number of hydrogen-bond donors (Lipinski definition) is 1. The molecular formula is C43H58N4O10S. The molecule has 1 aromatic heterocycles. The number of pyridine rings is 1. The lowest BCUT2D eigenvalue weighted by Gasteiger charge is -2.32. The molecule has 0 unspecified atom stereocenters. The van der Waals surface area contributed by atoms with Crippen LogP contribution in [-0.4, -0.2) is 105 Å². The lowest BCUT2D eigenvalue weighted by Crippen LogP contribution is -2.47. The van der Waals surface area contributed by atoms with Crippen molar-refractivity contribution in [1.82, 2.24) is 14.6 Å². The Hall–Kier alpha value is -4.24. The molecule has 2 amide bonds. The van der Waals surface area contributed by atoms with Gasteiger partial charge in [0.25, 0.3) is 0 Å². The lowest BCUT2D eigenvalue weighted by atomic mass is 9.82. The van der Waals surface area contributed by atoms with Gasteiger partial charge in [-0.1, -0.05) is 26.0 Å². The Labute approximate surface area is 341 Å². The first-order valence-corrected chi connectivity index (χ1v) is 22.5. The molecule has 58 heavy (non-hydrogen) atoms. The number of methoxy groups -OCH3 is 1. The van der Waals surface area contributed by atoms with E-state index in [4.69, 9.17) is 23.9 Å². The van der Waals surface area contributed by atoms with Crippen LogP contribution in [0.25, 0.3) is 10.8 Å². The molecule has 2 saturated carbocycles. The van der Waals surface area contributed by atoms with E-state index in [1.54, 1.807) is 21.0 Å². The monoisotopic (exact) mass is 822 g/mol. The maximum atomic E-state index is 15.0. The van der Waals surface area contributed by atoms with E-state index in [0.29, 0.717) is 69.4 Å². The third kappa shape index (κ3) is 9.30. The van der Waals surface area contributed by atoms with Crippen molar-refractivity contribution < 1.29 is 46.5 Å². The zero-order chi connectivity index (χ0) is 41.4. The van der Waals surface area contributed by atoms with Gasteiger partial charge in [-0.15, -0.1) is 0 Å². The van der Waals surface area contributed by atoms with E-state index in [9.17, 15) is 27.6 Å². The van der Waals surface area contributed by atoms with Gasteiger partial charge in [0.15, 0.2) is 5.78 Å².